The first-order valence-corrected chi connectivity index (χ1v) is 8.22. The minimum atomic E-state index is -0.708. The summed E-state index contributed by atoms with van der Waals surface area (Å²) in [5.74, 6) is 0.628. The Labute approximate surface area is 128 Å². The van der Waals surface area contributed by atoms with Crippen molar-refractivity contribution >= 4 is 33.3 Å². The molecule has 0 amide bonds. The predicted molar refractivity (Wildman–Crippen MR) is 85.8 cm³/mol. The first-order valence-electron chi connectivity index (χ1n) is 7.34. The molecule has 21 heavy (non-hydrogen) atoms. The van der Waals surface area contributed by atoms with E-state index in [0.717, 1.165) is 48.3 Å². The van der Waals surface area contributed by atoms with Gasteiger partial charge in [-0.15, -0.1) is 11.3 Å². The molecule has 0 aliphatic rings. The number of aliphatic carboxylic acids is 1. The van der Waals surface area contributed by atoms with E-state index in [2.05, 4.69) is 22.2 Å². The third-order valence-corrected chi connectivity index (χ3v) is 4.46. The van der Waals surface area contributed by atoms with Crippen LogP contribution in [-0.2, 0) is 4.79 Å². The topological polar surface area (TPSA) is 75.1 Å². The number of rotatable bonds is 9. The maximum absolute atomic E-state index is 10.7. The van der Waals surface area contributed by atoms with Crippen LogP contribution < -0.4 is 5.32 Å². The minimum absolute atomic E-state index is 0.257. The quantitative estimate of drug-likeness (QED) is 0.737. The molecule has 2 aromatic rings. The van der Waals surface area contributed by atoms with Gasteiger partial charge in [0.05, 0.1) is 10.2 Å². The molecule has 2 N–H and O–H groups in total. The average Bonchev–Trinajstić information content (AvgIpc) is 2.94. The number of nitrogens with zero attached hydrogens (tertiary/aromatic N) is 2. The van der Waals surface area contributed by atoms with Gasteiger partial charge in [-0.25, -0.2) is 9.97 Å². The highest BCUT2D eigenvalue weighted by Gasteiger charge is 2.11. The first-order chi connectivity index (χ1) is 10.2. The second-order valence-electron chi connectivity index (χ2n) is 5.16. The lowest BCUT2D eigenvalue weighted by Gasteiger charge is -2.15. The monoisotopic (exact) mass is 307 g/mol. The number of nitrogens with one attached hydrogen (secondary N) is 1. The zero-order valence-electron chi connectivity index (χ0n) is 12.2. The van der Waals surface area contributed by atoms with E-state index < -0.39 is 5.97 Å². The molecule has 6 heteroatoms. The fourth-order valence-electron chi connectivity index (χ4n) is 2.48. The van der Waals surface area contributed by atoms with Crippen molar-refractivity contribution in [2.75, 3.05) is 11.9 Å². The Morgan fingerprint density at radius 1 is 1.38 bits per heavy atom. The van der Waals surface area contributed by atoms with Crippen molar-refractivity contribution in [2.45, 2.75) is 39.0 Å². The zero-order valence-corrected chi connectivity index (χ0v) is 13.0. The van der Waals surface area contributed by atoms with E-state index >= 15 is 0 Å². The largest absolute Gasteiger partial charge is 0.481 e. The molecule has 114 valence electrons. The SMILES string of the molecule is CCCC(CCNc1ncnc2ccsc12)CCC(=O)O. The first kappa shape index (κ1) is 15.7. The summed E-state index contributed by atoms with van der Waals surface area (Å²) in [6, 6.07) is 1.99. The Bertz CT molecular complexity index is 585. The van der Waals surface area contributed by atoms with Gasteiger partial charge >= 0.3 is 5.97 Å². The maximum atomic E-state index is 10.7. The Morgan fingerprint density at radius 3 is 3.00 bits per heavy atom. The smallest absolute Gasteiger partial charge is 0.303 e. The third kappa shape index (κ3) is 4.67. The van der Waals surface area contributed by atoms with Crippen molar-refractivity contribution in [1.29, 1.82) is 0 Å². The van der Waals surface area contributed by atoms with Crippen LogP contribution in [0.3, 0.4) is 0 Å². The number of carbonyl (C=O) groups is 1. The summed E-state index contributed by atoms with van der Waals surface area (Å²) in [7, 11) is 0. The molecule has 5 nitrogen and oxygen atoms in total. The molecular weight excluding hydrogens is 286 g/mol. The average molecular weight is 307 g/mol. The van der Waals surface area contributed by atoms with Crippen LogP contribution in [0.25, 0.3) is 10.2 Å². The van der Waals surface area contributed by atoms with E-state index in [1.807, 2.05) is 11.4 Å². The summed E-state index contributed by atoms with van der Waals surface area (Å²) in [4.78, 5) is 19.2. The molecule has 0 spiro atoms. The minimum Gasteiger partial charge on any atom is -0.481 e. The summed E-state index contributed by atoms with van der Waals surface area (Å²) >= 11 is 1.63. The highest BCUT2D eigenvalue weighted by molar-refractivity contribution is 7.17. The van der Waals surface area contributed by atoms with E-state index in [-0.39, 0.29) is 6.42 Å². The number of fused-ring (bicyclic) bond motifs is 1. The van der Waals surface area contributed by atoms with Crippen LogP contribution in [0.5, 0.6) is 0 Å². The van der Waals surface area contributed by atoms with Crippen LogP contribution >= 0.6 is 11.3 Å². The molecule has 2 rings (SSSR count). The van der Waals surface area contributed by atoms with Crippen LogP contribution in [0.1, 0.15) is 39.0 Å². The molecule has 2 aromatic heterocycles. The Morgan fingerprint density at radius 2 is 2.24 bits per heavy atom. The molecule has 0 aliphatic carbocycles. The van der Waals surface area contributed by atoms with Crippen molar-refractivity contribution in [3.05, 3.63) is 17.8 Å². The van der Waals surface area contributed by atoms with Crippen LogP contribution in [0.2, 0.25) is 0 Å². The van der Waals surface area contributed by atoms with Gasteiger partial charge in [0, 0.05) is 13.0 Å². The molecule has 2 heterocycles. The Hall–Kier alpha value is -1.69. The van der Waals surface area contributed by atoms with Crippen molar-refractivity contribution in [3.63, 3.8) is 0 Å². The summed E-state index contributed by atoms with van der Waals surface area (Å²) in [5, 5.41) is 14.2. The predicted octanol–water partition coefficient (Wildman–Crippen LogP) is 3.77. The van der Waals surface area contributed by atoms with E-state index in [0.29, 0.717) is 5.92 Å². The van der Waals surface area contributed by atoms with E-state index in [1.165, 1.54) is 0 Å². The zero-order chi connectivity index (χ0) is 15.1. The summed E-state index contributed by atoms with van der Waals surface area (Å²) in [6.07, 6.45) is 5.72. The second kappa shape index (κ2) is 7.93. The molecule has 0 aromatic carbocycles. The lowest BCUT2D eigenvalue weighted by molar-refractivity contribution is -0.137. The fourth-order valence-corrected chi connectivity index (χ4v) is 3.29. The number of carboxylic acids is 1. The van der Waals surface area contributed by atoms with Gasteiger partial charge in [0.2, 0.25) is 0 Å². The van der Waals surface area contributed by atoms with Crippen molar-refractivity contribution in [3.8, 4) is 0 Å². The van der Waals surface area contributed by atoms with Gasteiger partial charge in [-0.2, -0.15) is 0 Å². The number of carboxylic acid groups (broad SMARTS) is 1. The van der Waals surface area contributed by atoms with E-state index in [1.54, 1.807) is 17.7 Å². The highest BCUT2D eigenvalue weighted by Crippen LogP contribution is 2.25. The summed E-state index contributed by atoms with van der Waals surface area (Å²) < 4.78 is 1.08. The number of hydrogen-bond acceptors (Lipinski definition) is 5. The fraction of sp³-hybridized carbons (Fsp3) is 0.533. The summed E-state index contributed by atoms with van der Waals surface area (Å²) in [5.41, 5.74) is 0.966. The van der Waals surface area contributed by atoms with Gasteiger partial charge in [0.15, 0.2) is 0 Å². The second-order valence-corrected chi connectivity index (χ2v) is 6.08. The number of anilines is 1. The van der Waals surface area contributed by atoms with Gasteiger partial charge < -0.3 is 10.4 Å². The van der Waals surface area contributed by atoms with E-state index in [4.69, 9.17) is 5.11 Å². The lowest BCUT2D eigenvalue weighted by Crippen LogP contribution is -2.11. The van der Waals surface area contributed by atoms with Gasteiger partial charge in [-0.3, -0.25) is 4.79 Å². The molecule has 1 unspecified atom stereocenters. The number of aromatic nitrogens is 2. The van der Waals surface area contributed by atoms with Gasteiger partial charge in [0.25, 0.3) is 0 Å². The summed E-state index contributed by atoms with van der Waals surface area (Å²) in [6.45, 7) is 2.95. The molecule has 0 radical (unpaired) electrons. The van der Waals surface area contributed by atoms with Crippen molar-refractivity contribution in [1.82, 2.24) is 9.97 Å². The standard InChI is InChI=1S/C15H21N3O2S/c1-2-3-11(4-5-13(19)20)6-8-16-15-14-12(7-9-21-14)17-10-18-15/h7,9-11H,2-6,8H2,1H3,(H,19,20)(H,16,17,18). The molecule has 0 bridgehead atoms. The molecular formula is C15H21N3O2S. The Balaban J connectivity index is 1.86. The molecule has 0 fully saturated rings. The maximum Gasteiger partial charge on any atom is 0.303 e. The van der Waals surface area contributed by atoms with Gasteiger partial charge in [-0.1, -0.05) is 19.8 Å². The number of hydrogen-bond donors (Lipinski definition) is 2. The third-order valence-electron chi connectivity index (χ3n) is 3.55. The van der Waals surface area contributed by atoms with Crippen molar-refractivity contribution < 1.29 is 9.90 Å². The normalized spacial score (nSPS) is 12.4. The molecule has 0 aliphatic heterocycles. The van der Waals surface area contributed by atoms with Gasteiger partial charge in [0.1, 0.15) is 12.1 Å². The van der Waals surface area contributed by atoms with Crippen LogP contribution in [0.15, 0.2) is 17.8 Å². The Kier molecular flexibility index (Phi) is 5.92. The van der Waals surface area contributed by atoms with Crippen LogP contribution in [-0.4, -0.2) is 27.6 Å². The molecule has 0 saturated heterocycles. The molecule has 1 atom stereocenters. The van der Waals surface area contributed by atoms with Crippen LogP contribution in [0, 0.1) is 5.92 Å². The van der Waals surface area contributed by atoms with Gasteiger partial charge in [-0.05, 0) is 30.2 Å². The van der Waals surface area contributed by atoms with E-state index in [9.17, 15) is 4.79 Å². The van der Waals surface area contributed by atoms with Crippen molar-refractivity contribution in [2.24, 2.45) is 5.92 Å². The number of thiophene rings is 1. The highest BCUT2D eigenvalue weighted by atomic mass is 32.1. The van der Waals surface area contributed by atoms with Crippen LogP contribution in [0.4, 0.5) is 5.82 Å². The lowest BCUT2D eigenvalue weighted by atomic mass is 9.94. The molecule has 0 saturated carbocycles.